The third kappa shape index (κ3) is 3.65. The Labute approximate surface area is 119 Å². The third-order valence-electron chi connectivity index (χ3n) is 3.37. The number of aromatic nitrogens is 2. The average Bonchev–Trinajstić information content (AvgIpc) is 2.92. The van der Waals surface area contributed by atoms with E-state index in [-0.39, 0.29) is 5.82 Å². The maximum absolute atomic E-state index is 13.0. The van der Waals surface area contributed by atoms with Crippen LogP contribution < -0.4 is 5.32 Å². The molecule has 1 heterocycles. The second-order valence-electron chi connectivity index (χ2n) is 4.75. The molecule has 0 spiro atoms. The molecule has 0 aliphatic heterocycles. The first kappa shape index (κ1) is 14.7. The molecule has 1 aromatic heterocycles. The first-order chi connectivity index (χ1) is 9.74. The van der Waals surface area contributed by atoms with Crippen LogP contribution in [0.15, 0.2) is 30.5 Å². The Bertz CT molecular complexity index is 521. The van der Waals surface area contributed by atoms with Gasteiger partial charge in [-0.25, -0.2) is 4.39 Å². The van der Waals surface area contributed by atoms with Crippen molar-refractivity contribution in [2.45, 2.75) is 13.5 Å². The van der Waals surface area contributed by atoms with Crippen molar-refractivity contribution in [2.24, 2.45) is 0 Å². The van der Waals surface area contributed by atoms with Gasteiger partial charge in [0.2, 0.25) is 0 Å². The Balaban J connectivity index is 2.13. The zero-order valence-electron chi connectivity index (χ0n) is 12.0. The molecule has 0 saturated carbocycles. The number of likely N-dealkylation sites (N-methyl/N-ethyl adjacent to an activating group) is 2. The van der Waals surface area contributed by atoms with Crippen molar-refractivity contribution in [1.82, 2.24) is 20.4 Å². The van der Waals surface area contributed by atoms with Crippen LogP contribution in [0.2, 0.25) is 0 Å². The molecule has 0 aliphatic carbocycles. The largest absolute Gasteiger partial charge is 0.318 e. The van der Waals surface area contributed by atoms with Gasteiger partial charge in [-0.05, 0) is 37.9 Å². The predicted molar refractivity (Wildman–Crippen MR) is 78.9 cm³/mol. The molecule has 0 amide bonds. The third-order valence-corrected chi connectivity index (χ3v) is 3.37. The summed E-state index contributed by atoms with van der Waals surface area (Å²) in [5.74, 6) is -0.223. The van der Waals surface area contributed by atoms with Crippen LogP contribution in [0.5, 0.6) is 0 Å². The van der Waals surface area contributed by atoms with Gasteiger partial charge in [0, 0.05) is 30.8 Å². The van der Waals surface area contributed by atoms with Gasteiger partial charge in [0.05, 0.1) is 11.9 Å². The van der Waals surface area contributed by atoms with Crippen molar-refractivity contribution in [1.29, 1.82) is 0 Å². The highest BCUT2D eigenvalue weighted by Gasteiger charge is 2.11. The standard InChI is InChI=1S/C15H21FN4/c1-3-20(9-8-17-2)11-13-10-18-19-15(13)12-4-6-14(16)7-5-12/h4-7,10,17H,3,8-9,11H2,1-2H3,(H,18,19). The molecule has 2 rings (SSSR count). The van der Waals surface area contributed by atoms with E-state index in [1.807, 2.05) is 13.2 Å². The van der Waals surface area contributed by atoms with E-state index in [1.54, 1.807) is 12.1 Å². The Kier molecular flexibility index (Phi) is 5.26. The summed E-state index contributed by atoms with van der Waals surface area (Å²) in [6, 6.07) is 6.49. The first-order valence-corrected chi connectivity index (χ1v) is 6.89. The number of halogens is 1. The predicted octanol–water partition coefficient (Wildman–Crippen LogP) is 2.26. The van der Waals surface area contributed by atoms with Gasteiger partial charge in [-0.15, -0.1) is 0 Å². The van der Waals surface area contributed by atoms with Gasteiger partial charge in [0.25, 0.3) is 0 Å². The fourth-order valence-corrected chi connectivity index (χ4v) is 2.16. The molecule has 0 bridgehead atoms. The molecular weight excluding hydrogens is 255 g/mol. The molecule has 2 N–H and O–H groups in total. The number of hydrogen-bond donors (Lipinski definition) is 2. The summed E-state index contributed by atoms with van der Waals surface area (Å²) in [5, 5.41) is 10.3. The van der Waals surface area contributed by atoms with Crippen LogP contribution in [0, 0.1) is 5.82 Å². The number of H-pyrrole nitrogens is 1. The SMILES string of the molecule is CCN(CCNC)Cc1cn[nH]c1-c1ccc(F)cc1. The minimum absolute atomic E-state index is 0.223. The van der Waals surface area contributed by atoms with Gasteiger partial charge < -0.3 is 5.32 Å². The van der Waals surface area contributed by atoms with Gasteiger partial charge in [0.15, 0.2) is 0 Å². The number of aromatic amines is 1. The highest BCUT2D eigenvalue weighted by Crippen LogP contribution is 2.22. The highest BCUT2D eigenvalue weighted by atomic mass is 19.1. The summed E-state index contributed by atoms with van der Waals surface area (Å²) in [4.78, 5) is 2.34. The lowest BCUT2D eigenvalue weighted by molar-refractivity contribution is 0.282. The van der Waals surface area contributed by atoms with E-state index in [4.69, 9.17) is 0 Å². The lowest BCUT2D eigenvalue weighted by Gasteiger charge is -2.20. The van der Waals surface area contributed by atoms with E-state index in [9.17, 15) is 4.39 Å². The lowest BCUT2D eigenvalue weighted by atomic mass is 10.1. The Hall–Kier alpha value is -1.72. The first-order valence-electron chi connectivity index (χ1n) is 6.89. The van der Waals surface area contributed by atoms with Crippen LogP contribution in [0.1, 0.15) is 12.5 Å². The van der Waals surface area contributed by atoms with Crippen molar-refractivity contribution in [3.63, 3.8) is 0 Å². The molecule has 0 atom stereocenters. The monoisotopic (exact) mass is 276 g/mol. The van der Waals surface area contributed by atoms with E-state index in [2.05, 4.69) is 27.3 Å². The molecule has 0 aliphatic rings. The van der Waals surface area contributed by atoms with Crippen LogP contribution in [0.4, 0.5) is 4.39 Å². The molecule has 0 fully saturated rings. The van der Waals surface area contributed by atoms with Crippen LogP contribution in [0.3, 0.4) is 0 Å². The van der Waals surface area contributed by atoms with Gasteiger partial charge in [0.1, 0.15) is 5.82 Å². The van der Waals surface area contributed by atoms with Crippen molar-refractivity contribution < 1.29 is 4.39 Å². The van der Waals surface area contributed by atoms with Crippen LogP contribution in [-0.4, -0.2) is 41.8 Å². The molecule has 108 valence electrons. The van der Waals surface area contributed by atoms with E-state index >= 15 is 0 Å². The molecule has 0 saturated heterocycles. The van der Waals surface area contributed by atoms with Crippen LogP contribution in [-0.2, 0) is 6.54 Å². The van der Waals surface area contributed by atoms with E-state index in [1.165, 1.54) is 12.1 Å². The van der Waals surface area contributed by atoms with Gasteiger partial charge in [-0.3, -0.25) is 10.00 Å². The number of hydrogen-bond acceptors (Lipinski definition) is 3. The Morgan fingerprint density at radius 3 is 2.70 bits per heavy atom. The fourth-order valence-electron chi connectivity index (χ4n) is 2.16. The zero-order chi connectivity index (χ0) is 14.4. The van der Waals surface area contributed by atoms with Crippen LogP contribution in [0.25, 0.3) is 11.3 Å². The summed E-state index contributed by atoms with van der Waals surface area (Å²) < 4.78 is 13.0. The van der Waals surface area contributed by atoms with Crippen LogP contribution >= 0.6 is 0 Å². The highest BCUT2D eigenvalue weighted by molar-refractivity contribution is 5.62. The maximum atomic E-state index is 13.0. The quantitative estimate of drug-likeness (QED) is 0.815. The van der Waals surface area contributed by atoms with Gasteiger partial charge in [-0.2, -0.15) is 5.10 Å². The molecule has 4 nitrogen and oxygen atoms in total. The second kappa shape index (κ2) is 7.17. The molecule has 5 heteroatoms. The van der Waals surface area contributed by atoms with Gasteiger partial charge >= 0.3 is 0 Å². The molecular formula is C15H21FN4. The smallest absolute Gasteiger partial charge is 0.123 e. The minimum atomic E-state index is -0.223. The summed E-state index contributed by atoms with van der Waals surface area (Å²) in [6.45, 7) is 5.91. The maximum Gasteiger partial charge on any atom is 0.123 e. The molecule has 0 unspecified atom stereocenters. The van der Waals surface area contributed by atoms with E-state index in [0.717, 1.165) is 43.0 Å². The van der Waals surface area contributed by atoms with Crippen molar-refractivity contribution in [3.8, 4) is 11.3 Å². The normalized spacial score (nSPS) is 11.2. The molecule has 2 aromatic rings. The van der Waals surface area contributed by atoms with Gasteiger partial charge in [-0.1, -0.05) is 6.92 Å². The second-order valence-corrected chi connectivity index (χ2v) is 4.75. The Morgan fingerprint density at radius 1 is 1.30 bits per heavy atom. The lowest BCUT2D eigenvalue weighted by Crippen LogP contribution is -2.30. The molecule has 1 aromatic carbocycles. The summed E-state index contributed by atoms with van der Waals surface area (Å²) >= 11 is 0. The van der Waals surface area contributed by atoms with E-state index < -0.39 is 0 Å². The fraction of sp³-hybridized carbons (Fsp3) is 0.400. The molecule has 0 radical (unpaired) electrons. The summed E-state index contributed by atoms with van der Waals surface area (Å²) in [5.41, 5.74) is 3.06. The number of nitrogens with one attached hydrogen (secondary N) is 2. The van der Waals surface area contributed by atoms with Crippen molar-refractivity contribution >= 4 is 0 Å². The minimum Gasteiger partial charge on any atom is -0.318 e. The number of nitrogens with zero attached hydrogens (tertiary/aromatic N) is 2. The number of benzene rings is 1. The topological polar surface area (TPSA) is 44.0 Å². The van der Waals surface area contributed by atoms with E-state index in [0.29, 0.717) is 0 Å². The summed E-state index contributed by atoms with van der Waals surface area (Å²) in [7, 11) is 1.95. The number of rotatable bonds is 7. The summed E-state index contributed by atoms with van der Waals surface area (Å²) in [6.07, 6.45) is 1.85. The average molecular weight is 276 g/mol. The van der Waals surface area contributed by atoms with Crippen molar-refractivity contribution in [3.05, 3.63) is 41.8 Å². The van der Waals surface area contributed by atoms with Crippen molar-refractivity contribution in [2.75, 3.05) is 26.7 Å². The Morgan fingerprint density at radius 2 is 2.05 bits per heavy atom. The molecule has 20 heavy (non-hydrogen) atoms. The zero-order valence-corrected chi connectivity index (χ0v) is 12.0.